The van der Waals surface area contributed by atoms with Crippen molar-refractivity contribution < 1.29 is 4.74 Å². The third-order valence-corrected chi connectivity index (χ3v) is 4.00. The first-order valence-electron chi connectivity index (χ1n) is 6.72. The van der Waals surface area contributed by atoms with Gasteiger partial charge in [0.2, 0.25) is 5.13 Å². The highest BCUT2D eigenvalue weighted by molar-refractivity contribution is 7.09. The zero-order chi connectivity index (χ0) is 12.8. The summed E-state index contributed by atoms with van der Waals surface area (Å²) in [5, 5.41) is 1.06. The maximum absolute atomic E-state index is 5.79. The first kappa shape index (κ1) is 13.7. The molecular weight excluding hydrogens is 248 g/mol. The van der Waals surface area contributed by atoms with Crippen LogP contribution in [0.4, 0.5) is 5.13 Å². The van der Waals surface area contributed by atoms with Gasteiger partial charge in [-0.1, -0.05) is 6.92 Å². The third kappa shape index (κ3) is 3.63. The quantitative estimate of drug-likeness (QED) is 0.792. The number of ether oxygens (including phenoxy) is 1. The molecule has 5 nitrogen and oxygen atoms in total. The van der Waals surface area contributed by atoms with Gasteiger partial charge in [-0.15, -0.1) is 0 Å². The average molecular weight is 270 g/mol. The largest absolute Gasteiger partial charge is 0.378 e. The van der Waals surface area contributed by atoms with Crippen LogP contribution in [0.25, 0.3) is 0 Å². The van der Waals surface area contributed by atoms with E-state index in [9.17, 15) is 0 Å². The third-order valence-electron chi connectivity index (χ3n) is 3.19. The van der Waals surface area contributed by atoms with E-state index >= 15 is 0 Å². The van der Waals surface area contributed by atoms with E-state index in [-0.39, 0.29) is 0 Å². The van der Waals surface area contributed by atoms with Crippen LogP contribution in [0.2, 0.25) is 0 Å². The molecule has 2 heterocycles. The highest BCUT2D eigenvalue weighted by Crippen LogP contribution is 2.23. The first-order valence-corrected chi connectivity index (χ1v) is 7.50. The molecule has 2 rings (SSSR count). The summed E-state index contributed by atoms with van der Waals surface area (Å²) in [4.78, 5) is 6.85. The number of hydrogen-bond acceptors (Lipinski definition) is 6. The Kier molecular flexibility index (Phi) is 5.34. The SMILES string of the molecule is CCc1nsc(N2CCC(OCCCN)CC2)n1. The van der Waals surface area contributed by atoms with Crippen LogP contribution in [-0.2, 0) is 11.2 Å². The molecule has 1 fully saturated rings. The van der Waals surface area contributed by atoms with E-state index in [4.69, 9.17) is 10.5 Å². The lowest BCUT2D eigenvalue weighted by atomic mass is 10.1. The Bertz CT molecular complexity index is 350. The van der Waals surface area contributed by atoms with E-state index in [2.05, 4.69) is 21.2 Å². The molecule has 1 aromatic rings. The molecule has 1 aliphatic rings. The molecule has 1 saturated heterocycles. The van der Waals surface area contributed by atoms with Gasteiger partial charge in [-0.05, 0) is 25.8 Å². The second-order valence-corrected chi connectivity index (χ2v) is 5.28. The minimum absolute atomic E-state index is 0.395. The van der Waals surface area contributed by atoms with E-state index in [1.165, 1.54) is 11.5 Å². The molecule has 0 radical (unpaired) electrons. The Labute approximate surface area is 113 Å². The van der Waals surface area contributed by atoms with E-state index in [0.717, 1.165) is 56.3 Å². The molecule has 0 saturated carbocycles. The topological polar surface area (TPSA) is 64.3 Å². The van der Waals surface area contributed by atoms with Gasteiger partial charge in [0.1, 0.15) is 5.82 Å². The van der Waals surface area contributed by atoms with E-state index in [1.807, 2.05) is 0 Å². The van der Waals surface area contributed by atoms with Crippen molar-refractivity contribution in [2.24, 2.45) is 5.73 Å². The fraction of sp³-hybridized carbons (Fsp3) is 0.833. The smallest absolute Gasteiger partial charge is 0.205 e. The fourth-order valence-electron chi connectivity index (χ4n) is 2.06. The maximum Gasteiger partial charge on any atom is 0.205 e. The van der Waals surface area contributed by atoms with Gasteiger partial charge in [0.25, 0.3) is 0 Å². The molecule has 6 heteroatoms. The Morgan fingerprint density at radius 3 is 2.83 bits per heavy atom. The second-order valence-electron chi connectivity index (χ2n) is 4.55. The number of rotatable bonds is 6. The van der Waals surface area contributed by atoms with E-state index < -0.39 is 0 Å². The number of aryl methyl sites for hydroxylation is 1. The second kappa shape index (κ2) is 7.01. The van der Waals surface area contributed by atoms with Crippen molar-refractivity contribution >= 4 is 16.7 Å². The van der Waals surface area contributed by atoms with Crippen LogP contribution in [0.3, 0.4) is 0 Å². The Morgan fingerprint density at radius 2 is 2.22 bits per heavy atom. The highest BCUT2D eigenvalue weighted by atomic mass is 32.1. The average Bonchev–Trinajstić information content (AvgIpc) is 2.89. The normalized spacial score (nSPS) is 17.3. The van der Waals surface area contributed by atoms with Gasteiger partial charge >= 0.3 is 0 Å². The molecule has 0 spiro atoms. The molecule has 0 unspecified atom stereocenters. The first-order chi connectivity index (χ1) is 8.83. The molecule has 0 aliphatic carbocycles. The van der Waals surface area contributed by atoms with Crippen molar-refractivity contribution in [3.8, 4) is 0 Å². The summed E-state index contributed by atoms with van der Waals surface area (Å²) in [6.07, 6.45) is 4.41. The number of hydrogen-bond donors (Lipinski definition) is 1. The Morgan fingerprint density at radius 1 is 1.44 bits per heavy atom. The number of piperidine rings is 1. The van der Waals surface area contributed by atoms with Crippen LogP contribution in [0, 0.1) is 0 Å². The van der Waals surface area contributed by atoms with Crippen molar-refractivity contribution in [3.05, 3.63) is 5.82 Å². The molecule has 18 heavy (non-hydrogen) atoms. The van der Waals surface area contributed by atoms with Gasteiger partial charge in [0, 0.05) is 37.6 Å². The number of anilines is 1. The van der Waals surface area contributed by atoms with E-state index in [1.54, 1.807) is 0 Å². The van der Waals surface area contributed by atoms with Gasteiger partial charge in [-0.2, -0.15) is 4.37 Å². The van der Waals surface area contributed by atoms with Gasteiger partial charge in [0.05, 0.1) is 6.10 Å². The van der Waals surface area contributed by atoms with Gasteiger partial charge in [-0.25, -0.2) is 4.98 Å². The Hall–Kier alpha value is -0.720. The summed E-state index contributed by atoms with van der Waals surface area (Å²) in [5.74, 6) is 0.955. The van der Waals surface area contributed by atoms with Gasteiger partial charge < -0.3 is 15.4 Å². The molecule has 102 valence electrons. The molecule has 0 aromatic carbocycles. The zero-order valence-corrected chi connectivity index (χ0v) is 11.8. The predicted octanol–water partition coefficient (Wildman–Crippen LogP) is 1.43. The summed E-state index contributed by atoms with van der Waals surface area (Å²) in [6.45, 7) is 5.63. The number of nitrogens with two attached hydrogens (primary N) is 1. The Balaban J connectivity index is 1.75. The number of nitrogens with zero attached hydrogens (tertiary/aromatic N) is 3. The van der Waals surface area contributed by atoms with Crippen molar-refractivity contribution in [2.45, 2.75) is 38.7 Å². The molecule has 0 bridgehead atoms. The van der Waals surface area contributed by atoms with Crippen LogP contribution in [-0.4, -0.2) is 41.7 Å². The van der Waals surface area contributed by atoms with Crippen molar-refractivity contribution in [1.82, 2.24) is 9.36 Å². The minimum Gasteiger partial charge on any atom is -0.378 e. The molecular formula is C12H22N4OS. The van der Waals surface area contributed by atoms with Crippen molar-refractivity contribution in [3.63, 3.8) is 0 Å². The van der Waals surface area contributed by atoms with Gasteiger partial charge in [-0.3, -0.25) is 0 Å². The lowest BCUT2D eigenvalue weighted by Gasteiger charge is -2.31. The number of aromatic nitrogens is 2. The lowest BCUT2D eigenvalue weighted by molar-refractivity contribution is 0.0366. The summed E-state index contributed by atoms with van der Waals surface area (Å²) in [7, 11) is 0. The fourth-order valence-corrected chi connectivity index (χ4v) is 2.87. The lowest BCUT2D eigenvalue weighted by Crippen LogP contribution is -2.37. The molecule has 2 N–H and O–H groups in total. The molecule has 1 aliphatic heterocycles. The van der Waals surface area contributed by atoms with Crippen LogP contribution in [0.5, 0.6) is 0 Å². The van der Waals surface area contributed by atoms with Gasteiger partial charge in [0.15, 0.2) is 0 Å². The summed E-state index contributed by atoms with van der Waals surface area (Å²) >= 11 is 1.51. The van der Waals surface area contributed by atoms with E-state index in [0.29, 0.717) is 12.6 Å². The van der Waals surface area contributed by atoms with Crippen molar-refractivity contribution in [2.75, 3.05) is 31.1 Å². The molecule has 1 aromatic heterocycles. The van der Waals surface area contributed by atoms with Crippen LogP contribution in [0.1, 0.15) is 32.0 Å². The summed E-state index contributed by atoms with van der Waals surface area (Å²) in [6, 6.07) is 0. The maximum atomic E-state index is 5.79. The molecule has 0 atom stereocenters. The summed E-state index contributed by atoms with van der Waals surface area (Å²) < 4.78 is 10.1. The standard InChI is InChI=1S/C12H22N4OS/c1-2-11-14-12(18-15-11)16-7-4-10(5-8-16)17-9-3-6-13/h10H,2-9,13H2,1H3. The predicted molar refractivity (Wildman–Crippen MR) is 74.1 cm³/mol. The zero-order valence-electron chi connectivity index (χ0n) is 11.0. The van der Waals surface area contributed by atoms with Crippen LogP contribution in [0.15, 0.2) is 0 Å². The minimum atomic E-state index is 0.395. The monoisotopic (exact) mass is 270 g/mol. The van der Waals surface area contributed by atoms with Crippen LogP contribution >= 0.6 is 11.5 Å². The van der Waals surface area contributed by atoms with Crippen LogP contribution < -0.4 is 10.6 Å². The highest BCUT2D eigenvalue weighted by Gasteiger charge is 2.21. The molecule has 0 amide bonds. The van der Waals surface area contributed by atoms with Crippen molar-refractivity contribution in [1.29, 1.82) is 0 Å². The summed E-state index contributed by atoms with van der Waals surface area (Å²) in [5.41, 5.74) is 5.46.